The molecule has 1 heterocycles. The first-order valence-electron chi connectivity index (χ1n) is 4.19. The number of hydrogen-bond acceptors (Lipinski definition) is 5. The molecule has 5 heteroatoms. The van der Waals surface area contributed by atoms with E-state index in [1.807, 2.05) is 0 Å². The van der Waals surface area contributed by atoms with Crippen LogP contribution in [0.3, 0.4) is 0 Å². The van der Waals surface area contributed by atoms with E-state index in [-0.39, 0.29) is 6.10 Å². The summed E-state index contributed by atoms with van der Waals surface area (Å²) >= 11 is 0. The molecule has 0 amide bonds. The Bertz CT molecular complexity index is 163. The average Bonchev–Trinajstić information content (AvgIpc) is 2.12. The largest absolute Gasteiger partial charge is 0.387 e. The lowest BCUT2D eigenvalue weighted by Gasteiger charge is -2.39. The molecule has 2 N–H and O–H groups in total. The maximum Gasteiger partial charge on any atom is 0.186 e. The fraction of sp³-hybridized carbons (Fsp3) is 1.00. The van der Waals surface area contributed by atoms with Crippen molar-refractivity contribution in [3.05, 3.63) is 0 Å². The predicted molar refractivity (Wildman–Crippen MR) is 44.2 cm³/mol. The molecule has 1 fully saturated rings. The van der Waals surface area contributed by atoms with Gasteiger partial charge in [0.25, 0.3) is 0 Å². The number of hydrogen-bond donors (Lipinski definition) is 2. The van der Waals surface area contributed by atoms with Crippen molar-refractivity contribution in [1.82, 2.24) is 0 Å². The van der Waals surface area contributed by atoms with Crippen molar-refractivity contribution < 1.29 is 24.4 Å². The Morgan fingerprint density at radius 1 is 1.08 bits per heavy atom. The first-order chi connectivity index (χ1) is 6.11. The summed E-state index contributed by atoms with van der Waals surface area (Å²) in [4.78, 5) is 0. The summed E-state index contributed by atoms with van der Waals surface area (Å²) in [6, 6.07) is 0. The van der Waals surface area contributed by atoms with Gasteiger partial charge in [-0.15, -0.1) is 0 Å². The van der Waals surface area contributed by atoms with Crippen molar-refractivity contribution in [3.8, 4) is 0 Å². The van der Waals surface area contributed by atoms with Crippen LogP contribution in [0, 0.1) is 0 Å². The third-order valence-corrected chi connectivity index (χ3v) is 2.28. The van der Waals surface area contributed by atoms with Gasteiger partial charge in [-0.3, -0.25) is 0 Å². The molecule has 0 aromatic heterocycles. The van der Waals surface area contributed by atoms with Gasteiger partial charge in [0.1, 0.15) is 18.3 Å². The molecule has 1 aliphatic heterocycles. The van der Waals surface area contributed by atoms with Crippen LogP contribution in [0.2, 0.25) is 0 Å². The zero-order chi connectivity index (χ0) is 10.0. The Hall–Kier alpha value is -0.200. The van der Waals surface area contributed by atoms with Gasteiger partial charge in [0.05, 0.1) is 6.10 Å². The summed E-state index contributed by atoms with van der Waals surface area (Å²) in [5.41, 5.74) is 0. The van der Waals surface area contributed by atoms with Gasteiger partial charge in [0.2, 0.25) is 0 Å². The highest BCUT2D eigenvalue weighted by Gasteiger charge is 2.42. The van der Waals surface area contributed by atoms with Crippen LogP contribution in [-0.4, -0.2) is 55.1 Å². The number of ether oxygens (including phenoxy) is 3. The standard InChI is InChI=1S/C8H16O5/c1-4-7(11-2)5(9)6(10)8(12-3)13-4/h4-10H,1-3H3/t4?,5-,6?,7-,8-/m1/s1. The van der Waals surface area contributed by atoms with Crippen LogP contribution >= 0.6 is 0 Å². The van der Waals surface area contributed by atoms with Gasteiger partial charge in [0, 0.05) is 14.2 Å². The van der Waals surface area contributed by atoms with E-state index in [9.17, 15) is 10.2 Å². The van der Waals surface area contributed by atoms with Gasteiger partial charge in [-0.25, -0.2) is 0 Å². The Balaban J connectivity index is 2.66. The molecule has 0 spiro atoms. The molecule has 1 aliphatic rings. The summed E-state index contributed by atoms with van der Waals surface area (Å²) in [5.74, 6) is 0. The minimum atomic E-state index is -1.06. The minimum absolute atomic E-state index is 0.298. The van der Waals surface area contributed by atoms with Crippen molar-refractivity contribution >= 4 is 0 Å². The fourth-order valence-corrected chi connectivity index (χ4v) is 1.53. The summed E-state index contributed by atoms with van der Waals surface area (Å²) < 4.78 is 15.1. The highest BCUT2D eigenvalue weighted by atomic mass is 16.7. The van der Waals surface area contributed by atoms with Crippen molar-refractivity contribution in [2.75, 3.05) is 14.2 Å². The van der Waals surface area contributed by atoms with Gasteiger partial charge in [-0.05, 0) is 6.92 Å². The monoisotopic (exact) mass is 192 g/mol. The van der Waals surface area contributed by atoms with Crippen molar-refractivity contribution in [3.63, 3.8) is 0 Å². The normalized spacial score (nSPS) is 46.4. The SMILES string of the molecule is CO[C@@H]1OC(C)[C@@H](OC)[C@H](O)C1O. The Morgan fingerprint density at radius 3 is 2.15 bits per heavy atom. The summed E-state index contributed by atoms with van der Waals surface area (Å²) in [6.07, 6.45) is -3.63. The first-order valence-corrected chi connectivity index (χ1v) is 4.19. The lowest BCUT2D eigenvalue weighted by atomic mass is 10.00. The summed E-state index contributed by atoms with van der Waals surface area (Å²) in [5, 5.41) is 19.1. The van der Waals surface area contributed by atoms with E-state index in [0.29, 0.717) is 0 Å². The molecular formula is C8H16O5. The van der Waals surface area contributed by atoms with Gasteiger partial charge in [-0.1, -0.05) is 0 Å². The maximum absolute atomic E-state index is 9.57. The molecule has 0 aromatic carbocycles. The Morgan fingerprint density at radius 2 is 1.69 bits per heavy atom. The number of aliphatic hydroxyl groups is 2. The topological polar surface area (TPSA) is 68.2 Å². The molecule has 1 rings (SSSR count). The molecule has 5 nitrogen and oxygen atoms in total. The molecule has 0 saturated carbocycles. The third kappa shape index (κ3) is 2.00. The van der Waals surface area contributed by atoms with E-state index >= 15 is 0 Å². The van der Waals surface area contributed by atoms with Crippen LogP contribution in [0.15, 0.2) is 0 Å². The number of aliphatic hydroxyl groups excluding tert-OH is 2. The lowest BCUT2D eigenvalue weighted by Crippen LogP contribution is -2.57. The quantitative estimate of drug-likeness (QED) is 0.594. The smallest absolute Gasteiger partial charge is 0.186 e. The lowest BCUT2D eigenvalue weighted by molar-refractivity contribution is -0.289. The highest BCUT2D eigenvalue weighted by molar-refractivity contribution is 4.87. The Labute approximate surface area is 77.2 Å². The molecule has 78 valence electrons. The van der Waals surface area contributed by atoms with E-state index in [1.165, 1.54) is 14.2 Å². The maximum atomic E-state index is 9.57. The van der Waals surface area contributed by atoms with Crippen molar-refractivity contribution in [2.45, 2.75) is 37.6 Å². The van der Waals surface area contributed by atoms with Crippen LogP contribution in [0.25, 0.3) is 0 Å². The molecule has 2 unspecified atom stereocenters. The first kappa shape index (κ1) is 10.9. The van der Waals surface area contributed by atoms with E-state index < -0.39 is 24.6 Å². The predicted octanol–water partition coefficient (Wildman–Crippen LogP) is -0.886. The second-order valence-electron chi connectivity index (χ2n) is 3.13. The van der Waals surface area contributed by atoms with Crippen LogP contribution in [0.5, 0.6) is 0 Å². The number of rotatable bonds is 2. The van der Waals surface area contributed by atoms with Crippen molar-refractivity contribution in [1.29, 1.82) is 0 Å². The van der Waals surface area contributed by atoms with Crippen LogP contribution in [0.1, 0.15) is 6.92 Å². The zero-order valence-corrected chi connectivity index (χ0v) is 8.01. The van der Waals surface area contributed by atoms with E-state index in [4.69, 9.17) is 14.2 Å². The highest BCUT2D eigenvalue weighted by Crippen LogP contribution is 2.22. The van der Waals surface area contributed by atoms with Crippen LogP contribution in [0.4, 0.5) is 0 Å². The summed E-state index contributed by atoms with van der Waals surface area (Å²) in [7, 11) is 2.88. The number of methoxy groups -OCH3 is 2. The molecule has 0 bridgehead atoms. The molecule has 0 aromatic rings. The Kier molecular flexibility index (Phi) is 3.63. The molecule has 0 radical (unpaired) electrons. The zero-order valence-electron chi connectivity index (χ0n) is 8.01. The second-order valence-corrected chi connectivity index (χ2v) is 3.13. The average molecular weight is 192 g/mol. The van der Waals surface area contributed by atoms with Gasteiger partial charge < -0.3 is 24.4 Å². The summed E-state index contributed by atoms with van der Waals surface area (Å²) in [6.45, 7) is 1.76. The van der Waals surface area contributed by atoms with Gasteiger partial charge in [0.15, 0.2) is 6.29 Å². The van der Waals surface area contributed by atoms with E-state index in [2.05, 4.69) is 0 Å². The van der Waals surface area contributed by atoms with Gasteiger partial charge in [-0.2, -0.15) is 0 Å². The molecule has 1 saturated heterocycles. The molecular weight excluding hydrogens is 176 g/mol. The molecule has 0 aliphatic carbocycles. The van der Waals surface area contributed by atoms with Crippen LogP contribution in [-0.2, 0) is 14.2 Å². The third-order valence-electron chi connectivity index (χ3n) is 2.28. The van der Waals surface area contributed by atoms with Crippen molar-refractivity contribution in [2.24, 2.45) is 0 Å². The minimum Gasteiger partial charge on any atom is -0.387 e. The van der Waals surface area contributed by atoms with Crippen LogP contribution < -0.4 is 0 Å². The van der Waals surface area contributed by atoms with E-state index in [1.54, 1.807) is 6.92 Å². The van der Waals surface area contributed by atoms with E-state index in [0.717, 1.165) is 0 Å². The fourth-order valence-electron chi connectivity index (χ4n) is 1.53. The second kappa shape index (κ2) is 4.34. The van der Waals surface area contributed by atoms with Gasteiger partial charge >= 0.3 is 0 Å². The molecule has 13 heavy (non-hydrogen) atoms. The molecule has 5 atom stereocenters.